The summed E-state index contributed by atoms with van der Waals surface area (Å²) in [5, 5.41) is 8.60. The monoisotopic (exact) mass is 274 g/mol. The van der Waals surface area contributed by atoms with Gasteiger partial charge in [-0.25, -0.2) is 4.98 Å². The van der Waals surface area contributed by atoms with E-state index in [0.29, 0.717) is 17.1 Å². The minimum Gasteiger partial charge on any atom is -0.326 e. The van der Waals surface area contributed by atoms with Gasteiger partial charge in [-0.1, -0.05) is 19.1 Å². The zero-order valence-corrected chi connectivity index (χ0v) is 11.3. The highest BCUT2D eigenvalue weighted by atomic mass is 32.1. The van der Waals surface area contributed by atoms with E-state index in [2.05, 4.69) is 39.6 Å². The van der Waals surface area contributed by atoms with Gasteiger partial charge in [0.05, 0.1) is 6.42 Å². The van der Waals surface area contributed by atoms with Crippen LogP contribution >= 0.6 is 12.2 Å². The number of H-pyrrole nitrogens is 2. The van der Waals surface area contributed by atoms with Crippen molar-refractivity contribution in [1.82, 2.24) is 15.2 Å². The Labute approximate surface area is 115 Å². The molecule has 0 spiro atoms. The van der Waals surface area contributed by atoms with Crippen LogP contribution in [0.25, 0.3) is 0 Å². The minimum atomic E-state index is 0.0659. The lowest BCUT2D eigenvalue weighted by atomic mass is 9.95. The lowest BCUT2D eigenvalue weighted by Crippen LogP contribution is -2.03. The highest BCUT2D eigenvalue weighted by Crippen LogP contribution is 2.28. The minimum absolute atomic E-state index is 0.0659. The summed E-state index contributed by atoms with van der Waals surface area (Å²) in [6, 6.07) is 6.12. The number of carbonyl (C=O) groups excluding carboxylic acids is 1. The van der Waals surface area contributed by atoms with Gasteiger partial charge in [-0.15, -0.1) is 0 Å². The average molecular weight is 274 g/mol. The molecule has 0 saturated heterocycles. The van der Waals surface area contributed by atoms with Crippen LogP contribution in [0.1, 0.15) is 29.8 Å². The van der Waals surface area contributed by atoms with E-state index < -0.39 is 0 Å². The topological polar surface area (TPSA) is 73.6 Å². The molecular formula is C13H14N4OS. The van der Waals surface area contributed by atoms with Crippen LogP contribution in [-0.4, -0.2) is 21.1 Å². The highest BCUT2D eigenvalue weighted by Gasteiger charge is 2.19. The smallest absolute Gasteiger partial charge is 0.228 e. The summed E-state index contributed by atoms with van der Waals surface area (Å²) in [5.41, 5.74) is 3.21. The largest absolute Gasteiger partial charge is 0.326 e. The third-order valence-corrected chi connectivity index (χ3v) is 3.57. The van der Waals surface area contributed by atoms with Crippen molar-refractivity contribution in [2.24, 2.45) is 0 Å². The van der Waals surface area contributed by atoms with Crippen LogP contribution in [0.4, 0.5) is 5.69 Å². The molecule has 3 rings (SSSR count). The molecule has 6 heteroatoms. The maximum atomic E-state index is 11.3. The predicted octanol–water partition coefficient (Wildman–Crippen LogP) is 2.31. The first-order chi connectivity index (χ1) is 9.11. The number of hydrogen-bond acceptors (Lipinski definition) is 3. The molecule has 0 saturated carbocycles. The molecule has 2 aromatic rings. The zero-order chi connectivity index (χ0) is 13.4. The van der Waals surface area contributed by atoms with E-state index in [1.807, 2.05) is 6.07 Å². The van der Waals surface area contributed by atoms with Gasteiger partial charge in [0.15, 0.2) is 0 Å². The van der Waals surface area contributed by atoms with Gasteiger partial charge in [-0.3, -0.25) is 15.0 Å². The van der Waals surface area contributed by atoms with E-state index in [0.717, 1.165) is 23.5 Å². The quantitative estimate of drug-likeness (QED) is 0.752. The van der Waals surface area contributed by atoms with Crippen molar-refractivity contribution >= 4 is 23.8 Å². The Morgan fingerprint density at radius 1 is 1.42 bits per heavy atom. The number of amides is 1. The first-order valence-electron chi connectivity index (χ1n) is 6.18. The molecule has 1 amide bonds. The molecule has 98 valence electrons. The van der Waals surface area contributed by atoms with Crippen molar-refractivity contribution in [1.29, 1.82) is 0 Å². The van der Waals surface area contributed by atoms with Crippen LogP contribution in [0.2, 0.25) is 0 Å². The maximum absolute atomic E-state index is 11.3. The Balaban J connectivity index is 1.81. The highest BCUT2D eigenvalue weighted by molar-refractivity contribution is 7.71. The van der Waals surface area contributed by atoms with Crippen molar-refractivity contribution in [2.75, 3.05) is 5.32 Å². The number of anilines is 1. The van der Waals surface area contributed by atoms with Gasteiger partial charge in [0.1, 0.15) is 5.82 Å². The van der Waals surface area contributed by atoms with Crippen LogP contribution in [0.3, 0.4) is 0 Å². The van der Waals surface area contributed by atoms with E-state index in [1.165, 1.54) is 5.56 Å². The Bertz CT molecular complexity index is 688. The fourth-order valence-electron chi connectivity index (χ4n) is 2.36. The number of fused-ring (bicyclic) bond motifs is 1. The molecule has 1 aromatic carbocycles. The fourth-order valence-corrected chi connectivity index (χ4v) is 2.53. The van der Waals surface area contributed by atoms with Crippen molar-refractivity contribution in [2.45, 2.75) is 25.7 Å². The van der Waals surface area contributed by atoms with Gasteiger partial charge in [-0.05, 0) is 35.3 Å². The molecule has 0 radical (unpaired) electrons. The molecule has 19 heavy (non-hydrogen) atoms. The first kappa shape index (κ1) is 12.1. The predicted molar refractivity (Wildman–Crippen MR) is 74.7 cm³/mol. The summed E-state index contributed by atoms with van der Waals surface area (Å²) in [6.07, 6.45) is 1.26. The average Bonchev–Trinajstić information content (AvgIpc) is 2.93. The molecule has 0 aliphatic carbocycles. The standard InChI is InChI=1S/C13H14N4OS/c1-7(4-11-15-13(19)17-16-11)8-2-3-10-9(5-8)6-12(18)14-10/h2-3,5,7H,4,6H2,1H3,(H,14,18)(H2,15,16,17,19). The summed E-state index contributed by atoms with van der Waals surface area (Å²) >= 11 is 4.94. The number of rotatable bonds is 3. The fraction of sp³-hybridized carbons (Fsp3) is 0.308. The van der Waals surface area contributed by atoms with Crippen LogP contribution < -0.4 is 5.32 Å². The van der Waals surface area contributed by atoms with Gasteiger partial charge in [0.2, 0.25) is 10.7 Å². The van der Waals surface area contributed by atoms with Crippen molar-refractivity contribution in [3.8, 4) is 0 Å². The van der Waals surface area contributed by atoms with Gasteiger partial charge in [0, 0.05) is 12.1 Å². The van der Waals surface area contributed by atoms with Crippen LogP contribution in [-0.2, 0) is 17.6 Å². The lowest BCUT2D eigenvalue weighted by molar-refractivity contribution is -0.115. The van der Waals surface area contributed by atoms with Gasteiger partial charge in [-0.2, -0.15) is 0 Å². The normalized spacial score (nSPS) is 15.1. The second-order valence-corrected chi connectivity index (χ2v) is 5.25. The van der Waals surface area contributed by atoms with Gasteiger partial charge >= 0.3 is 0 Å². The van der Waals surface area contributed by atoms with Crippen LogP contribution in [0.5, 0.6) is 0 Å². The lowest BCUT2D eigenvalue weighted by Gasteiger charge is -2.11. The van der Waals surface area contributed by atoms with E-state index >= 15 is 0 Å². The SMILES string of the molecule is CC(Cc1nc(=S)[nH][nH]1)c1ccc2c(c1)CC(=O)N2. The second kappa shape index (κ2) is 4.62. The molecule has 1 aliphatic heterocycles. The third-order valence-electron chi connectivity index (χ3n) is 3.37. The van der Waals surface area contributed by atoms with E-state index in [-0.39, 0.29) is 5.91 Å². The number of carbonyl (C=O) groups is 1. The maximum Gasteiger partial charge on any atom is 0.228 e. The number of nitrogens with one attached hydrogen (secondary N) is 3. The van der Waals surface area contributed by atoms with Gasteiger partial charge in [0.25, 0.3) is 0 Å². The number of nitrogens with zero attached hydrogens (tertiary/aromatic N) is 1. The van der Waals surface area contributed by atoms with Gasteiger partial charge < -0.3 is 5.32 Å². The van der Waals surface area contributed by atoms with Crippen molar-refractivity contribution < 1.29 is 4.79 Å². The Kier molecular flexibility index (Phi) is 2.94. The molecule has 1 aliphatic rings. The number of benzene rings is 1. The number of hydrogen-bond donors (Lipinski definition) is 3. The Hall–Kier alpha value is -1.95. The molecule has 2 heterocycles. The first-order valence-corrected chi connectivity index (χ1v) is 6.59. The molecule has 1 unspecified atom stereocenters. The number of aromatic nitrogens is 3. The van der Waals surface area contributed by atoms with E-state index in [4.69, 9.17) is 12.2 Å². The zero-order valence-electron chi connectivity index (χ0n) is 10.5. The van der Waals surface area contributed by atoms with Crippen molar-refractivity contribution in [3.63, 3.8) is 0 Å². The summed E-state index contributed by atoms with van der Waals surface area (Å²) in [7, 11) is 0. The van der Waals surface area contributed by atoms with Crippen LogP contribution in [0.15, 0.2) is 18.2 Å². The van der Waals surface area contributed by atoms with E-state index in [9.17, 15) is 4.79 Å². The molecule has 1 atom stereocenters. The summed E-state index contributed by atoms with van der Waals surface area (Å²) in [6.45, 7) is 2.14. The molecule has 3 N–H and O–H groups in total. The number of aromatic amines is 2. The van der Waals surface area contributed by atoms with Crippen LogP contribution in [0, 0.1) is 4.77 Å². The Morgan fingerprint density at radius 3 is 3.00 bits per heavy atom. The molecule has 1 aromatic heterocycles. The molecule has 0 fully saturated rings. The second-order valence-electron chi connectivity index (χ2n) is 4.86. The molecule has 5 nitrogen and oxygen atoms in total. The summed E-state index contributed by atoms with van der Waals surface area (Å²) in [5.74, 6) is 1.23. The summed E-state index contributed by atoms with van der Waals surface area (Å²) < 4.78 is 0.478. The van der Waals surface area contributed by atoms with Crippen molar-refractivity contribution in [3.05, 3.63) is 39.9 Å². The molecular weight excluding hydrogens is 260 g/mol. The summed E-state index contributed by atoms with van der Waals surface area (Å²) in [4.78, 5) is 15.5. The third kappa shape index (κ3) is 2.44. The molecule has 0 bridgehead atoms. The van der Waals surface area contributed by atoms with E-state index in [1.54, 1.807) is 0 Å². The Morgan fingerprint density at radius 2 is 2.26 bits per heavy atom.